The molecule has 1 aliphatic rings. The van der Waals surface area contributed by atoms with E-state index in [9.17, 15) is 13.6 Å². The van der Waals surface area contributed by atoms with Crippen LogP contribution in [0, 0.1) is 25.5 Å². The summed E-state index contributed by atoms with van der Waals surface area (Å²) in [5, 5.41) is 0.573. The molecule has 0 N–H and O–H groups in total. The number of carbonyl (C=O) groups excluding carboxylic acids is 1. The van der Waals surface area contributed by atoms with Crippen molar-refractivity contribution >= 4 is 23.2 Å². The van der Waals surface area contributed by atoms with E-state index in [0.717, 1.165) is 24.7 Å². The van der Waals surface area contributed by atoms with Gasteiger partial charge in [0.15, 0.2) is 0 Å². The molecule has 3 aromatic carbocycles. The second-order valence-corrected chi connectivity index (χ2v) is 9.47. The molecular weight excluding hydrogens is 480 g/mol. The lowest BCUT2D eigenvalue weighted by molar-refractivity contribution is 0.0746. The second kappa shape index (κ2) is 9.78. The van der Waals surface area contributed by atoms with Gasteiger partial charge in [0.2, 0.25) is 0 Å². The zero-order valence-electron chi connectivity index (χ0n) is 20.1. The lowest BCUT2D eigenvalue weighted by Gasteiger charge is -2.36. The number of halogens is 3. The van der Waals surface area contributed by atoms with Gasteiger partial charge in [-0.15, -0.1) is 0 Å². The molecule has 0 atom stereocenters. The first-order valence-electron chi connectivity index (χ1n) is 11.9. The highest BCUT2D eigenvalue weighted by Crippen LogP contribution is 2.32. The van der Waals surface area contributed by atoms with Gasteiger partial charge in [-0.25, -0.2) is 8.78 Å². The van der Waals surface area contributed by atoms with Crippen molar-refractivity contribution in [2.75, 3.05) is 31.1 Å². The highest BCUT2D eigenvalue weighted by Gasteiger charge is 2.27. The second-order valence-electron chi connectivity index (χ2n) is 9.03. The van der Waals surface area contributed by atoms with Crippen LogP contribution >= 0.6 is 11.6 Å². The summed E-state index contributed by atoms with van der Waals surface area (Å²) in [6.45, 7) is 6.50. The third-order valence-electron chi connectivity index (χ3n) is 6.79. The number of rotatable bonds is 4. The molecule has 0 saturated carbocycles. The molecule has 36 heavy (non-hydrogen) atoms. The molecule has 7 heteroatoms. The predicted octanol–water partition coefficient (Wildman–Crippen LogP) is 6.66. The molecule has 1 saturated heterocycles. The van der Waals surface area contributed by atoms with Crippen LogP contribution in [0.4, 0.5) is 14.5 Å². The summed E-state index contributed by atoms with van der Waals surface area (Å²) in [5.41, 5.74) is 5.07. The smallest absolute Gasteiger partial charge is 0.255 e. The number of para-hydroxylation sites is 1. The largest absolute Gasteiger partial charge is 0.368 e. The van der Waals surface area contributed by atoms with Crippen LogP contribution in [-0.2, 0) is 0 Å². The third-order valence-corrected chi connectivity index (χ3v) is 7.04. The molecule has 0 spiro atoms. The summed E-state index contributed by atoms with van der Waals surface area (Å²) in [7, 11) is 0. The Kier molecular flexibility index (Phi) is 6.54. The number of benzene rings is 3. The van der Waals surface area contributed by atoms with Gasteiger partial charge in [0.1, 0.15) is 11.6 Å². The fourth-order valence-electron chi connectivity index (χ4n) is 4.87. The number of piperazine rings is 1. The monoisotopic (exact) mass is 505 g/mol. The highest BCUT2D eigenvalue weighted by atomic mass is 35.5. The first-order valence-corrected chi connectivity index (χ1v) is 12.2. The fraction of sp³-hybridized carbons (Fsp3) is 0.207. The summed E-state index contributed by atoms with van der Waals surface area (Å²) in [6.07, 6.45) is 0. The van der Waals surface area contributed by atoms with Crippen LogP contribution in [0.15, 0.2) is 72.8 Å². The van der Waals surface area contributed by atoms with Crippen molar-refractivity contribution in [2.24, 2.45) is 0 Å². The van der Waals surface area contributed by atoms with E-state index < -0.39 is 11.6 Å². The van der Waals surface area contributed by atoms with E-state index in [-0.39, 0.29) is 11.6 Å². The van der Waals surface area contributed by atoms with E-state index in [4.69, 9.17) is 11.6 Å². The lowest BCUT2D eigenvalue weighted by Crippen LogP contribution is -2.49. The van der Waals surface area contributed by atoms with Gasteiger partial charge >= 0.3 is 0 Å². The highest BCUT2D eigenvalue weighted by molar-refractivity contribution is 6.30. The molecule has 1 amide bonds. The molecule has 184 valence electrons. The number of nitrogens with zero attached hydrogens (tertiary/aromatic N) is 3. The summed E-state index contributed by atoms with van der Waals surface area (Å²) in [6, 6.07) is 20.6. The van der Waals surface area contributed by atoms with E-state index in [2.05, 4.69) is 24.0 Å². The minimum absolute atomic E-state index is 0.103. The van der Waals surface area contributed by atoms with Gasteiger partial charge in [-0.2, -0.15) is 0 Å². The van der Waals surface area contributed by atoms with Crippen molar-refractivity contribution in [3.8, 4) is 16.9 Å². The van der Waals surface area contributed by atoms with E-state index >= 15 is 0 Å². The zero-order chi connectivity index (χ0) is 25.4. The number of aromatic nitrogens is 1. The van der Waals surface area contributed by atoms with Gasteiger partial charge in [0, 0.05) is 48.6 Å². The van der Waals surface area contributed by atoms with Gasteiger partial charge < -0.3 is 14.4 Å². The first kappa shape index (κ1) is 24.1. The number of hydrogen-bond donors (Lipinski definition) is 0. The van der Waals surface area contributed by atoms with Crippen LogP contribution in [0.1, 0.15) is 21.6 Å². The Morgan fingerprint density at radius 3 is 2.19 bits per heavy atom. The third kappa shape index (κ3) is 4.49. The fourth-order valence-corrected chi connectivity index (χ4v) is 4.99. The summed E-state index contributed by atoms with van der Waals surface area (Å²) in [4.78, 5) is 17.8. The quantitative estimate of drug-likeness (QED) is 0.310. The average Bonchev–Trinajstić information content (AvgIpc) is 3.21. The minimum Gasteiger partial charge on any atom is -0.368 e. The molecule has 0 aliphatic carbocycles. The molecule has 1 aliphatic heterocycles. The zero-order valence-corrected chi connectivity index (χ0v) is 20.9. The Labute approximate surface area is 214 Å². The molecule has 0 radical (unpaired) electrons. The standard InChI is InChI=1S/C29H26ClF2N3O/c1-19-5-3-4-6-26(19)33-13-15-34(16-14-33)29(36)24-18-28(21-7-9-22(30)10-8-21)35(20(24)2)27-12-11-23(31)17-25(27)32/h3-12,17-18H,13-16H2,1-2H3. The van der Waals surface area contributed by atoms with Crippen LogP contribution in [0.25, 0.3) is 16.9 Å². The van der Waals surface area contributed by atoms with Crippen LogP contribution in [0.2, 0.25) is 5.02 Å². The number of anilines is 1. The molecule has 1 fully saturated rings. The summed E-state index contributed by atoms with van der Waals surface area (Å²) in [5.74, 6) is -1.46. The Hall–Kier alpha value is -3.64. The van der Waals surface area contributed by atoms with Gasteiger partial charge in [0.25, 0.3) is 5.91 Å². The van der Waals surface area contributed by atoms with E-state index in [1.54, 1.807) is 29.7 Å². The molecule has 1 aromatic heterocycles. The SMILES string of the molecule is Cc1ccccc1N1CCN(C(=O)c2cc(-c3ccc(Cl)cc3)n(-c3ccc(F)cc3F)c2C)CC1. The molecular formula is C29H26ClF2N3O. The molecule has 4 aromatic rings. The number of carbonyl (C=O) groups is 1. The number of hydrogen-bond acceptors (Lipinski definition) is 2. The van der Waals surface area contributed by atoms with Gasteiger partial charge in [-0.3, -0.25) is 4.79 Å². The molecule has 4 nitrogen and oxygen atoms in total. The van der Waals surface area contributed by atoms with Crippen molar-refractivity contribution in [2.45, 2.75) is 13.8 Å². The van der Waals surface area contributed by atoms with Crippen molar-refractivity contribution in [1.29, 1.82) is 0 Å². The first-order chi connectivity index (χ1) is 17.3. The Morgan fingerprint density at radius 2 is 1.53 bits per heavy atom. The normalized spacial score (nSPS) is 13.8. The van der Waals surface area contributed by atoms with E-state index in [0.29, 0.717) is 35.1 Å². The van der Waals surface area contributed by atoms with E-state index in [1.807, 2.05) is 29.2 Å². The maximum absolute atomic E-state index is 14.9. The van der Waals surface area contributed by atoms with Crippen molar-refractivity contribution < 1.29 is 13.6 Å². The Bertz CT molecular complexity index is 1420. The van der Waals surface area contributed by atoms with Crippen LogP contribution in [0.5, 0.6) is 0 Å². The maximum atomic E-state index is 14.9. The number of amides is 1. The molecule has 0 bridgehead atoms. The topological polar surface area (TPSA) is 28.5 Å². The maximum Gasteiger partial charge on any atom is 0.255 e. The minimum atomic E-state index is -0.699. The van der Waals surface area contributed by atoms with Crippen molar-refractivity contribution in [3.05, 3.63) is 106 Å². The van der Waals surface area contributed by atoms with Gasteiger partial charge in [0.05, 0.1) is 16.9 Å². The van der Waals surface area contributed by atoms with Crippen LogP contribution in [-0.4, -0.2) is 41.6 Å². The van der Waals surface area contributed by atoms with Crippen LogP contribution in [0.3, 0.4) is 0 Å². The lowest BCUT2D eigenvalue weighted by atomic mass is 10.1. The Morgan fingerprint density at radius 1 is 0.833 bits per heavy atom. The predicted molar refractivity (Wildman–Crippen MR) is 140 cm³/mol. The molecule has 0 unspecified atom stereocenters. The van der Waals surface area contributed by atoms with Crippen molar-refractivity contribution in [1.82, 2.24) is 9.47 Å². The van der Waals surface area contributed by atoms with E-state index in [1.165, 1.54) is 23.4 Å². The molecule has 5 rings (SSSR count). The van der Waals surface area contributed by atoms with Crippen LogP contribution < -0.4 is 4.90 Å². The number of aryl methyl sites for hydroxylation is 1. The van der Waals surface area contributed by atoms with Crippen molar-refractivity contribution in [3.63, 3.8) is 0 Å². The van der Waals surface area contributed by atoms with Gasteiger partial charge in [-0.1, -0.05) is 41.9 Å². The molecule has 2 heterocycles. The summed E-state index contributed by atoms with van der Waals surface area (Å²) < 4.78 is 30.2. The Balaban J connectivity index is 1.49. The average molecular weight is 506 g/mol. The van der Waals surface area contributed by atoms with Gasteiger partial charge in [-0.05, 0) is 61.4 Å². The summed E-state index contributed by atoms with van der Waals surface area (Å²) >= 11 is 6.08.